The van der Waals surface area contributed by atoms with E-state index in [1.54, 1.807) is 0 Å². The van der Waals surface area contributed by atoms with Crippen LogP contribution < -0.4 is 5.32 Å². The Morgan fingerprint density at radius 2 is 1.90 bits per heavy atom. The predicted octanol–water partition coefficient (Wildman–Crippen LogP) is 4.54. The highest BCUT2D eigenvalue weighted by Crippen LogP contribution is 2.20. The van der Waals surface area contributed by atoms with E-state index >= 15 is 0 Å². The maximum atomic E-state index is 5.94. The van der Waals surface area contributed by atoms with Crippen molar-refractivity contribution in [3.8, 4) is 0 Å². The lowest BCUT2D eigenvalue weighted by atomic mass is 10.0. The van der Waals surface area contributed by atoms with E-state index in [-0.39, 0.29) is 0 Å². The van der Waals surface area contributed by atoms with E-state index in [2.05, 4.69) is 42.3 Å². The first kappa shape index (κ1) is 15.0. The largest absolute Gasteiger partial charge is 0.304 e. The monoisotopic (exact) mass is 288 g/mol. The zero-order valence-electron chi connectivity index (χ0n) is 12.1. The molecule has 1 N–H and O–H groups in total. The summed E-state index contributed by atoms with van der Waals surface area (Å²) >= 11 is 5.94. The molecule has 1 aromatic heterocycles. The Labute approximate surface area is 126 Å². The number of aryl methyl sites for hydroxylation is 1. The van der Waals surface area contributed by atoms with Crippen LogP contribution in [0, 0.1) is 0 Å². The molecule has 2 rings (SSSR count). The van der Waals surface area contributed by atoms with Gasteiger partial charge >= 0.3 is 0 Å². The fourth-order valence-corrected chi connectivity index (χ4v) is 2.49. The zero-order chi connectivity index (χ0) is 14.4. The number of nitrogens with one attached hydrogen (secondary N) is 1. The van der Waals surface area contributed by atoms with Crippen LogP contribution in [0.15, 0.2) is 42.6 Å². The number of nitrogens with zero attached hydrogens (tertiary/aromatic N) is 1. The van der Waals surface area contributed by atoms with Gasteiger partial charge in [-0.2, -0.15) is 0 Å². The topological polar surface area (TPSA) is 24.9 Å². The molecule has 2 aromatic rings. The maximum absolute atomic E-state index is 5.94. The third-order valence-electron chi connectivity index (χ3n) is 3.56. The Balaban J connectivity index is 2.05. The minimum absolute atomic E-state index is 0.332. The van der Waals surface area contributed by atoms with Gasteiger partial charge in [0.05, 0.1) is 5.69 Å². The van der Waals surface area contributed by atoms with Gasteiger partial charge < -0.3 is 5.32 Å². The van der Waals surface area contributed by atoms with Crippen LogP contribution in [0.3, 0.4) is 0 Å². The molecule has 2 nitrogen and oxygen atoms in total. The lowest BCUT2D eigenvalue weighted by Gasteiger charge is -2.18. The lowest BCUT2D eigenvalue weighted by molar-refractivity contribution is 0.512. The number of pyridine rings is 1. The van der Waals surface area contributed by atoms with Crippen molar-refractivity contribution >= 4 is 11.6 Å². The maximum Gasteiger partial charge on any atom is 0.0573 e. The normalized spacial score (nSPS) is 12.3. The van der Waals surface area contributed by atoms with E-state index < -0.39 is 0 Å². The summed E-state index contributed by atoms with van der Waals surface area (Å²) in [5.74, 6) is 0. The summed E-state index contributed by atoms with van der Waals surface area (Å²) in [5, 5.41) is 4.37. The molecule has 0 saturated heterocycles. The van der Waals surface area contributed by atoms with Crippen LogP contribution in [-0.2, 0) is 13.0 Å². The average molecular weight is 289 g/mol. The smallest absolute Gasteiger partial charge is 0.0573 e. The minimum Gasteiger partial charge on any atom is -0.304 e. The van der Waals surface area contributed by atoms with Crippen LogP contribution in [0.2, 0.25) is 5.02 Å². The fraction of sp³-hybridized carbons (Fsp3) is 0.353. The zero-order valence-corrected chi connectivity index (χ0v) is 12.8. The molecule has 0 bridgehead atoms. The van der Waals surface area contributed by atoms with Crippen LogP contribution in [0.4, 0.5) is 0 Å². The lowest BCUT2D eigenvalue weighted by Crippen LogP contribution is -2.21. The van der Waals surface area contributed by atoms with Crippen molar-refractivity contribution in [1.82, 2.24) is 10.3 Å². The Bertz CT molecular complexity index is 537. The molecule has 0 spiro atoms. The first-order valence-corrected chi connectivity index (χ1v) is 7.54. The highest BCUT2D eigenvalue weighted by Gasteiger charge is 2.10. The Morgan fingerprint density at radius 3 is 2.55 bits per heavy atom. The molecule has 1 atom stereocenters. The van der Waals surface area contributed by atoms with Crippen molar-refractivity contribution in [3.05, 3.63) is 64.4 Å². The van der Waals surface area contributed by atoms with Gasteiger partial charge in [0.15, 0.2) is 0 Å². The molecule has 0 aliphatic heterocycles. The molecule has 106 valence electrons. The Morgan fingerprint density at radius 1 is 1.15 bits per heavy atom. The summed E-state index contributed by atoms with van der Waals surface area (Å²) in [6, 6.07) is 12.5. The molecular weight excluding hydrogens is 268 g/mol. The van der Waals surface area contributed by atoms with Crippen molar-refractivity contribution in [2.75, 3.05) is 0 Å². The molecule has 0 fully saturated rings. The van der Waals surface area contributed by atoms with E-state index in [9.17, 15) is 0 Å². The standard InChI is InChI=1S/C17H21ClN2/c1-3-13-6-5-11-19-17(13)12-20-16(4-2)14-7-9-15(18)10-8-14/h5-11,16,20H,3-4,12H2,1-2H3. The van der Waals surface area contributed by atoms with Gasteiger partial charge in [-0.3, -0.25) is 4.98 Å². The van der Waals surface area contributed by atoms with Crippen molar-refractivity contribution in [3.63, 3.8) is 0 Å². The molecule has 0 aliphatic carbocycles. The summed E-state index contributed by atoms with van der Waals surface area (Å²) in [4.78, 5) is 4.48. The highest BCUT2D eigenvalue weighted by molar-refractivity contribution is 6.30. The van der Waals surface area contributed by atoms with E-state index in [4.69, 9.17) is 11.6 Å². The SMILES string of the molecule is CCc1cccnc1CNC(CC)c1ccc(Cl)cc1. The second-order valence-corrected chi connectivity index (χ2v) is 5.29. The van der Waals surface area contributed by atoms with Gasteiger partial charge in [-0.15, -0.1) is 0 Å². The van der Waals surface area contributed by atoms with Crippen LogP contribution in [0.25, 0.3) is 0 Å². The van der Waals surface area contributed by atoms with E-state index in [0.29, 0.717) is 6.04 Å². The van der Waals surface area contributed by atoms with Gasteiger partial charge in [-0.05, 0) is 42.2 Å². The minimum atomic E-state index is 0.332. The average Bonchev–Trinajstić information content (AvgIpc) is 2.50. The second-order valence-electron chi connectivity index (χ2n) is 4.86. The Hall–Kier alpha value is -1.38. The van der Waals surface area contributed by atoms with Crippen LogP contribution in [0.5, 0.6) is 0 Å². The van der Waals surface area contributed by atoms with Crippen LogP contribution >= 0.6 is 11.6 Å². The summed E-state index contributed by atoms with van der Waals surface area (Å²) in [5.41, 5.74) is 3.72. The number of hydrogen-bond acceptors (Lipinski definition) is 2. The van der Waals surface area contributed by atoms with Crippen molar-refractivity contribution in [1.29, 1.82) is 0 Å². The third kappa shape index (κ3) is 3.81. The van der Waals surface area contributed by atoms with Gasteiger partial charge in [-0.25, -0.2) is 0 Å². The van der Waals surface area contributed by atoms with Crippen LogP contribution in [0.1, 0.15) is 43.1 Å². The third-order valence-corrected chi connectivity index (χ3v) is 3.81. The summed E-state index contributed by atoms with van der Waals surface area (Å²) in [7, 11) is 0. The molecular formula is C17H21ClN2. The second kappa shape index (κ2) is 7.41. The number of hydrogen-bond donors (Lipinski definition) is 1. The molecule has 1 unspecified atom stereocenters. The number of rotatable bonds is 6. The number of halogens is 1. The van der Waals surface area contributed by atoms with Gasteiger partial charge in [0.25, 0.3) is 0 Å². The highest BCUT2D eigenvalue weighted by atomic mass is 35.5. The summed E-state index contributed by atoms with van der Waals surface area (Å²) in [6.07, 6.45) is 3.91. The van der Waals surface area contributed by atoms with Gasteiger partial charge in [-0.1, -0.05) is 43.6 Å². The van der Waals surface area contributed by atoms with Crippen molar-refractivity contribution in [2.24, 2.45) is 0 Å². The molecule has 0 saturated carbocycles. The number of aromatic nitrogens is 1. The van der Waals surface area contributed by atoms with Crippen molar-refractivity contribution < 1.29 is 0 Å². The van der Waals surface area contributed by atoms with E-state index in [0.717, 1.165) is 30.1 Å². The molecule has 0 radical (unpaired) electrons. The number of benzene rings is 1. The van der Waals surface area contributed by atoms with E-state index in [1.807, 2.05) is 24.4 Å². The molecule has 0 aliphatic rings. The van der Waals surface area contributed by atoms with E-state index in [1.165, 1.54) is 11.1 Å². The quantitative estimate of drug-likeness (QED) is 0.844. The van der Waals surface area contributed by atoms with Crippen LogP contribution in [-0.4, -0.2) is 4.98 Å². The summed E-state index contributed by atoms with van der Waals surface area (Å²) in [6.45, 7) is 5.15. The van der Waals surface area contributed by atoms with Crippen molar-refractivity contribution in [2.45, 2.75) is 39.3 Å². The molecule has 20 heavy (non-hydrogen) atoms. The molecule has 3 heteroatoms. The predicted molar refractivity (Wildman–Crippen MR) is 84.9 cm³/mol. The first-order chi connectivity index (χ1) is 9.74. The summed E-state index contributed by atoms with van der Waals surface area (Å²) < 4.78 is 0. The van der Waals surface area contributed by atoms with Gasteiger partial charge in [0, 0.05) is 23.8 Å². The molecule has 0 amide bonds. The molecule has 1 heterocycles. The van der Waals surface area contributed by atoms with Gasteiger partial charge in [0.1, 0.15) is 0 Å². The molecule has 1 aromatic carbocycles. The first-order valence-electron chi connectivity index (χ1n) is 7.16. The fourth-order valence-electron chi connectivity index (χ4n) is 2.37. The van der Waals surface area contributed by atoms with Gasteiger partial charge in [0.2, 0.25) is 0 Å². The Kier molecular flexibility index (Phi) is 5.57.